The normalized spacial score (nSPS) is 10.5. The molecular weight excluding hydrogens is 388 g/mol. The maximum Gasteiger partial charge on any atom is 0.341 e. The largest absolute Gasteiger partial charge is 0.494 e. The fourth-order valence-electron chi connectivity index (χ4n) is 2.19. The molecule has 2 aromatic carbocycles. The first-order chi connectivity index (χ1) is 13.4. The first-order valence-electron chi connectivity index (χ1n) is 8.23. The predicted molar refractivity (Wildman–Crippen MR) is 104 cm³/mol. The second-order valence-electron chi connectivity index (χ2n) is 5.37. The van der Waals surface area contributed by atoms with Crippen LogP contribution in [-0.2, 0) is 4.79 Å². The summed E-state index contributed by atoms with van der Waals surface area (Å²) in [7, 11) is 1.40. The van der Waals surface area contributed by atoms with E-state index >= 15 is 0 Å². The van der Waals surface area contributed by atoms with Gasteiger partial charge in [0.2, 0.25) is 0 Å². The van der Waals surface area contributed by atoms with Gasteiger partial charge in [-0.25, -0.2) is 10.2 Å². The molecule has 148 valence electrons. The van der Waals surface area contributed by atoms with Gasteiger partial charge in [-0.15, -0.1) is 0 Å². The number of nitrogens with zero attached hydrogens (tertiary/aromatic N) is 1. The van der Waals surface area contributed by atoms with Crippen molar-refractivity contribution in [3.8, 4) is 17.2 Å². The molecule has 0 spiro atoms. The highest BCUT2D eigenvalue weighted by Crippen LogP contribution is 2.36. The highest BCUT2D eigenvalue weighted by Gasteiger charge is 2.13. The number of aliphatic carboxylic acids is 1. The molecule has 0 aromatic heterocycles. The Balaban J connectivity index is 2.05. The van der Waals surface area contributed by atoms with Crippen LogP contribution in [0.4, 0.5) is 0 Å². The molecule has 2 N–H and O–H groups in total. The highest BCUT2D eigenvalue weighted by atomic mass is 35.5. The van der Waals surface area contributed by atoms with Crippen molar-refractivity contribution in [2.75, 3.05) is 20.3 Å². The van der Waals surface area contributed by atoms with Gasteiger partial charge in [-0.05, 0) is 48.9 Å². The quantitative estimate of drug-likeness (QED) is 0.489. The van der Waals surface area contributed by atoms with E-state index in [2.05, 4.69) is 10.5 Å². The van der Waals surface area contributed by atoms with Gasteiger partial charge in [0, 0.05) is 5.56 Å². The standard InChI is InChI=1S/C19H19ClN2O6/c1-3-27-14-6-4-13(5-7-14)19(25)22-21-10-12-8-15(20)18(16(9-12)26-2)28-11-17(23)24/h4-10H,3,11H2,1-2H3,(H,22,25)(H,23,24)/b21-10-. The van der Waals surface area contributed by atoms with Gasteiger partial charge in [-0.1, -0.05) is 11.6 Å². The molecule has 9 heteroatoms. The molecule has 0 fully saturated rings. The lowest BCUT2D eigenvalue weighted by molar-refractivity contribution is -0.139. The third-order valence-electron chi connectivity index (χ3n) is 3.40. The lowest BCUT2D eigenvalue weighted by atomic mass is 10.2. The summed E-state index contributed by atoms with van der Waals surface area (Å²) in [5.74, 6) is -0.496. The molecule has 0 saturated carbocycles. The van der Waals surface area contributed by atoms with Gasteiger partial charge < -0.3 is 19.3 Å². The maximum atomic E-state index is 12.1. The summed E-state index contributed by atoms with van der Waals surface area (Å²) in [4.78, 5) is 22.8. The zero-order valence-corrected chi connectivity index (χ0v) is 16.0. The number of carboxylic acids is 1. The summed E-state index contributed by atoms with van der Waals surface area (Å²) in [5, 5.41) is 12.8. The number of rotatable bonds is 9. The summed E-state index contributed by atoms with van der Waals surface area (Å²) in [6.07, 6.45) is 1.38. The van der Waals surface area contributed by atoms with E-state index in [0.717, 1.165) is 0 Å². The van der Waals surface area contributed by atoms with Crippen molar-refractivity contribution in [1.82, 2.24) is 5.43 Å². The molecule has 0 aliphatic carbocycles. The van der Waals surface area contributed by atoms with Crippen molar-refractivity contribution in [2.45, 2.75) is 6.92 Å². The van der Waals surface area contributed by atoms with Crippen LogP contribution in [0, 0.1) is 0 Å². The van der Waals surface area contributed by atoms with Gasteiger partial charge in [0.1, 0.15) is 5.75 Å². The van der Waals surface area contributed by atoms with Crippen LogP contribution in [0.3, 0.4) is 0 Å². The van der Waals surface area contributed by atoms with Crippen molar-refractivity contribution in [1.29, 1.82) is 0 Å². The summed E-state index contributed by atoms with van der Waals surface area (Å²) >= 11 is 6.12. The number of amides is 1. The Hall–Kier alpha value is -3.26. The van der Waals surface area contributed by atoms with E-state index < -0.39 is 18.5 Å². The molecule has 0 aliphatic rings. The number of ether oxygens (including phenoxy) is 3. The molecule has 0 unspecified atom stereocenters. The van der Waals surface area contributed by atoms with Crippen molar-refractivity contribution >= 4 is 29.7 Å². The Morgan fingerprint density at radius 1 is 1.21 bits per heavy atom. The lowest BCUT2D eigenvalue weighted by Crippen LogP contribution is -2.17. The molecule has 0 saturated heterocycles. The van der Waals surface area contributed by atoms with E-state index in [1.54, 1.807) is 30.3 Å². The van der Waals surface area contributed by atoms with Gasteiger partial charge in [0.15, 0.2) is 18.1 Å². The molecule has 2 rings (SSSR count). The van der Waals surface area contributed by atoms with Crippen LogP contribution >= 0.6 is 11.6 Å². The summed E-state index contributed by atoms with van der Waals surface area (Å²) in [6.45, 7) is 1.87. The van der Waals surface area contributed by atoms with Crippen molar-refractivity contribution < 1.29 is 28.9 Å². The van der Waals surface area contributed by atoms with Crippen molar-refractivity contribution in [2.24, 2.45) is 5.10 Å². The first kappa shape index (κ1) is 21.0. The fourth-order valence-corrected chi connectivity index (χ4v) is 2.46. The number of halogens is 1. The highest BCUT2D eigenvalue weighted by molar-refractivity contribution is 6.32. The Kier molecular flexibility index (Phi) is 7.65. The van der Waals surface area contributed by atoms with Crippen LogP contribution in [0.5, 0.6) is 17.2 Å². The Bertz CT molecular complexity index is 867. The van der Waals surface area contributed by atoms with Crippen molar-refractivity contribution in [3.05, 3.63) is 52.5 Å². The minimum absolute atomic E-state index is 0.113. The SMILES string of the molecule is CCOc1ccc(C(=O)N/N=C\c2cc(Cl)c(OCC(=O)O)c(OC)c2)cc1. The topological polar surface area (TPSA) is 106 Å². The van der Waals surface area contributed by atoms with Gasteiger partial charge in [-0.3, -0.25) is 4.79 Å². The minimum Gasteiger partial charge on any atom is -0.494 e. The predicted octanol–water partition coefficient (Wildman–Crippen LogP) is 2.97. The monoisotopic (exact) mass is 406 g/mol. The molecule has 0 heterocycles. The zero-order valence-electron chi connectivity index (χ0n) is 15.3. The number of nitrogens with one attached hydrogen (secondary N) is 1. The smallest absolute Gasteiger partial charge is 0.341 e. The van der Waals surface area contributed by atoms with Crippen LogP contribution < -0.4 is 19.6 Å². The van der Waals surface area contributed by atoms with E-state index in [-0.39, 0.29) is 16.5 Å². The number of hydrazone groups is 1. The van der Waals surface area contributed by atoms with Crippen LogP contribution in [0.15, 0.2) is 41.5 Å². The maximum absolute atomic E-state index is 12.1. The average Bonchev–Trinajstić information content (AvgIpc) is 2.67. The second-order valence-corrected chi connectivity index (χ2v) is 5.78. The Morgan fingerprint density at radius 3 is 2.54 bits per heavy atom. The van der Waals surface area contributed by atoms with Crippen LogP contribution in [-0.4, -0.2) is 43.5 Å². The molecule has 2 aromatic rings. The number of carbonyl (C=O) groups excluding carboxylic acids is 1. The number of carbonyl (C=O) groups is 2. The van der Waals surface area contributed by atoms with E-state index in [1.807, 2.05) is 6.92 Å². The average molecular weight is 407 g/mol. The summed E-state index contributed by atoms with van der Waals surface area (Å²) < 4.78 is 15.6. The van der Waals surface area contributed by atoms with Crippen molar-refractivity contribution in [3.63, 3.8) is 0 Å². The first-order valence-corrected chi connectivity index (χ1v) is 8.60. The van der Waals surface area contributed by atoms with Crippen LogP contribution in [0.1, 0.15) is 22.8 Å². The third kappa shape index (κ3) is 5.88. The molecule has 0 radical (unpaired) electrons. The Morgan fingerprint density at radius 2 is 1.93 bits per heavy atom. The van der Waals surface area contributed by atoms with E-state index in [9.17, 15) is 9.59 Å². The van der Waals surface area contributed by atoms with Gasteiger partial charge >= 0.3 is 5.97 Å². The van der Waals surface area contributed by atoms with Crippen LogP contribution in [0.2, 0.25) is 5.02 Å². The second kappa shape index (κ2) is 10.2. The Labute approximate surface area is 166 Å². The number of hydrogen-bond donors (Lipinski definition) is 2. The molecular formula is C19H19ClN2O6. The van der Waals surface area contributed by atoms with Gasteiger partial charge in [0.05, 0.1) is 25.0 Å². The number of benzene rings is 2. The number of carboxylic acid groups (broad SMARTS) is 1. The fraction of sp³-hybridized carbons (Fsp3) is 0.211. The lowest BCUT2D eigenvalue weighted by Gasteiger charge is -2.11. The number of methoxy groups -OCH3 is 1. The van der Waals surface area contributed by atoms with E-state index in [0.29, 0.717) is 23.5 Å². The van der Waals surface area contributed by atoms with Gasteiger partial charge in [0.25, 0.3) is 5.91 Å². The molecule has 0 bridgehead atoms. The minimum atomic E-state index is -1.14. The molecule has 0 atom stereocenters. The summed E-state index contributed by atoms with van der Waals surface area (Å²) in [5.41, 5.74) is 3.36. The summed E-state index contributed by atoms with van der Waals surface area (Å²) in [6, 6.07) is 9.71. The molecule has 8 nitrogen and oxygen atoms in total. The third-order valence-corrected chi connectivity index (χ3v) is 3.68. The van der Waals surface area contributed by atoms with E-state index in [1.165, 1.54) is 19.4 Å². The molecule has 0 aliphatic heterocycles. The van der Waals surface area contributed by atoms with Gasteiger partial charge in [-0.2, -0.15) is 5.10 Å². The molecule has 1 amide bonds. The zero-order chi connectivity index (χ0) is 20.5. The number of hydrogen-bond acceptors (Lipinski definition) is 6. The van der Waals surface area contributed by atoms with Crippen LogP contribution in [0.25, 0.3) is 0 Å². The van der Waals surface area contributed by atoms with E-state index in [4.69, 9.17) is 30.9 Å². The molecule has 28 heavy (non-hydrogen) atoms.